The van der Waals surface area contributed by atoms with Crippen molar-refractivity contribution in [3.05, 3.63) is 59.9 Å². The number of carbonyl (C=O) groups is 2. The summed E-state index contributed by atoms with van der Waals surface area (Å²) in [6, 6.07) is 9.88. The number of ether oxygens (including phenoxy) is 1. The fraction of sp³-hybridized carbons (Fsp3) is 0.250. The van der Waals surface area contributed by atoms with E-state index in [2.05, 4.69) is 9.97 Å². The Bertz CT molecular complexity index is 1260. The largest absolute Gasteiger partial charge is 0.504 e. The number of carbonyl (C=O) groups excluding carboxylic acids is 2. The number of phenols is 2. The summed E-state index contributed by atoms with van der Waals surface area (Å²) in [5.41, 5.74) is 8.06. The number of fused-ring (bicyclic) bond motifs is 1. The molecule has 10 nitrogen and oxygen atoms in total. The molecule has 1 aliphatic heterocycles. The normalized spacial score (nSPS) is 15.8. The molecule has 0 aliphatic carbocycles. The minimum absolute atomic E-state index is 0.0424. The zero-order chi connectivity index (χ0) is 24.2. The number of nitrogens with zero attached hydrogens (tertiary/aromatic N) is 4. The van der Waals surface area contributed by atoms with Crippen LogP contribution in [0.3, 0.4) is 0 Å². The van der Waals surface area contributed by atoms with E-state index >= 15 is 0 Å². The first-order valence-electron chi connectivity index (χ1n) is 10.6. The number of ketones is 1. The molecule has 1 amide bonds. The van der Waals surface area contributed by atoms with Gasteiger partial charge in [0.05, 0.1) is 12.1 Å². The predicted octanol–water partition coefficient (Wildman–Crippen LogP) is 1.52. The molecule has 2 heterocycles. The zero-order valence-electron chi connectivity index (χ0n) is 18.6. The summed E-state index contributed by atoms with van der Waals surface area (Å²) in [5.74, 6) is -0.551. The Kier molecular flexibility index (Phi) is 6.71. The first-order valence-corrected chi connectivity index (χ1v) is 10.6. The highest BCUT2D eigenvalue weighted by Gasteiger charge is 2.31. The van der Waals surface area contributed by atoms with E-state index in [1.807, 2.05) is 18.2 Å². The fourth-order valence-electron chi connectivity index (χ4n) is 3.89. The van der Waals surface area contributed by atoms with Crippen molar-refractivity contribution >= 4 is 34.5 Å². The van der Waals surface area contributed by atoms with Crippen molar-refractivity contribution in [2.24, 2.45) is 0 Å². The Labute approximate surface area is 195 Å². The van der Waals surface area contributed by atoms with Crippen LogP contribution in [0.5, 0.6) is 11.5 Å². The van der Waals surface area contributed by atoms with Crippen LogP contribution >= 0.6 is 0 Å². The summed E-state index contributed by atoms with van der Waals surface area (Å²) in [6.45, 7) is 1.36. The highest BCUT2D eigenvalue weighted by Crippen LogP contribution is 2.25. The Morgan fingerprint density at radius 1 is 1.18 bits per heavy atom. The highest BCUT2D eigenvalue weighted by molar-refractivity contribution is 5.97. The van der Waals surface area contributed by atoms with Gasteiger partial charge in [-0.1, -0.05) is 18.2 Å². The summed E-state index contributed by atoms with van der Waals surface area (Å²) in [5, 5.41) is 19.8. The van der Waals surface area contributed by atoms with Crippen LogP contribution in [0.2, 0.25) is 0 Å². The SMILES string of the molecule is CO[C@@H](C(=O)/C=C/c1ccc(O)c(O)c1)N1CCN(Cc2ccc3c(N)ncnc3c2)C(=O)C1. The number of nitrogens with two attached hydrogens (primary N) is 1. The number of nitrogen functional groups attached to an aromatic ring is 1. The molecule has 1 aliphatic rings. The van der Waals surface area contributed by atoms with Crippen molar-refractivity contribution in [1.29, 1.82) is 0 Å². The molecule has 10 heteroatoms. The molecular formula is C24H25N5O5. The van der Waals surface area contributed by atoms with E-state index in [0.29, 0.717) is 31.0 Å². The molecule has 0 saturated carbocycles. The van der Waals surface area contributed by atoms with E-state index in [4.69, 9.17) is 10.5 Å². The smallest absolute Gasteiger partial charge is 0.237 e. The first-order chi connectivity index (χ1) is 16.4. The van der Waals surface area contributed by atoms with Crippen molar-refractivity contribution in [1.82, 2.24) is 19.8 Å². The van der Waals surface area contributed by atoms with Gasteiger partial charge in [0.25, 0.3) is 0 Å². The van der Waals surface area contributed by atoms with Gasteiger partial charge < -0.3 is 25.6 Å². The maximum Gasteiger partial charge on any atom is 0.237 e. The van der Waals surface area contributed by atoms with Crippen molar-refractivity contribution in [2.75, 3.05) is 32.5 Å². The summed E-state index contributed by atoms with van der Waals surface area (Å²) < 4.78 is 5.38. The van der Waals surface area contributed by atoms with Crippen LogP contribution in [0.25, 0.3) is 17.0 Å². The van der Waals surface area contributed by atoms with E-state index < -0.39 is 6.23 Å². The van der Waals surface area contributed by atoms with E-state index in [1.54, 1.807) is 15.9 Å². The van der Waals surface area contributed by atoms with Crippen LogP contribution in [-0.2, 0) is 20.9 Å². The number of amides is 1. The quantitative estimate of drug-likeness (QED) is 0.351. The number of rotatable bonds is 7. The van der Waals surface area contributed by atoms with Gasteiger partial charge in [0.2, 0.25) is 5.91 Å². The molecule has 4 rings (SSSR count). The standard InChI is InChI=1S/C24H25N5O5/c1-34-24(20(31)7-4-15-3-6-19(30)21(32)11-15)29-9-8-28(22(33)13-29)12-16-2-5-17-18(10-16)26-14-27-23(17)25/h2-7,10-11,14,24,30,32H,8-9,12-13H2,1H3,(H2,25,26,27)/b7-4+/t24-/m0/s1. The van der Waals surface area contributed by atoms with E-state index in [9.17, 15) is 19.8 Å². The van der Waals surface area contributed by atoms with E-state index in [1.165, 1.54) is 37.7 Å². The number of benzene rings is 2. The van der Waals surface area contributed by atoms with Gasteiger partial charge in [-0.3, -0.25) is 14.5 Å². The van der Waals surface area contributed by atoms with Crippen LogP contribution < -0.4 is 5.73 Å². The van der Waals surface area contributed by atoms with Crippen molar-refractivity contribution < 1.29 is 24.5 Å². The first kappa shape index (κ1) is 23.1. The summed E-state index contributed by atoms with van der Waals surface area (Å²) in [7, 11) is 1.42. The maximum atomic E-state index is 12.8. The van der Waals surface area contributed by atoms with E-state index in [0.717, 1.165) is 16.5 Å². The lowest BCUT2D eigenvalue weighted by atomic mass is 10.1. The lowest BCUT2D eigenvalue weighted by Crippen LogP contribution is -2.55. The number of phenolic OH excluding ortho intramolecular Hbond substituents is 2. The monoisotopic (exact) mass is 463 g/mol. The number of hydrogen-bond acceptors (Lipinski definition) is 9. The molecule has 1 aromatic heterocycles. The van der Waals surface area contributed by atoms with Gasteiger partial charge >= 0.3 is 0 Å². The fourth-order valence-corrected chi connectivity index (χ4v) is 3.89. The molecule has 0 radical (unpaired) electrons. The van der Waals surface area contributed by atoms with Crippen LogP contribution in [0.15, 0.2) is 48.8 Å². The van der Waals surface area contributed by atoms with Crippen LogP contribution in [0.4, 0.5) is 5.82 Å². The van der Waals surface area contributed by atoms with Crippen LogP contribution in [0, 0.1) is 0 Å². The van der Waals surface area contributed by atoms with Gasteiger partial charge in [-0.25, -0.2) is 9.97 Å². The molecule has 0 unspecified atom stereocenters. The third kappa shape index (κ3) is 4.98. The number of hydrogen-bond donors (Lipinski definition) is 3. The third-order valence-corrected chi connectivity index (χ3v) is 5.69. The van der Waals surface area contributed by atoms with Crippen LogP contribution in [-0.4, -0.2) is 74.6 Å². The van der Waals surface area contributed by atoms with Crippen molar-refractivity contribution in [3.8, 4) is 11.5 Å². The average Bonchev–Trinajstić information content (AvgIpc) is 2.82. The number of methoxy groups -OCH3 is 1. The van der Waals surface area contributed by atoms with Crippen molar-refractivity contribution in [3.63, 3.8) is 0 Å². The van der Waals surface area contributed by atoms with Gasteiger partial charge in [-0.15, -0.1) is 0 Å². The molecule has 0 spiro atoms. The Morgan fingerprint density at radius 3 is 2.74 bits per heavy atom. The second-order valence-corrected chi connectivity index (χ2v) is 7.97. The lowest BCUT2D eigenvalue weighted by molar-refractivity contribution is -0.149. The highest BCUT2D eigenvalue weighted by atomic mass is 16.5. The number of anilines is 1. The Balaban J connectivity index is 1.39. The molecule has 3 aromatic rings. The number of piperazine rings is 1. The zero-order valence-corrected chi connectivity index (χ0v) is 18.6. The summed E-state index contributed by atoms with van der Waals surface area (Å²) >= 11 is 0. The second kappa shape index (κ2) is 9.86. The molecule has 1 atom stereocenters. The molecule has 34 heavy (non-hydrogen) atoms. The van der Waals surface area contributed by atoms with E-state index in [-0.39, 0.29) is 29.7 Å². The molecule has 0 bridgehead atoms. The Morgan fingerprint density at radius 2 is 2.00 bits per heavy atom. The van der Waals surface area contributed by atoms with Gasteiger partial charge in [0, 0.05) is 32.1 Å². The van der Waals surface area contributed by atoms with Gasteiger partial charge in [-0.2, -0.15) is 0 Å². The number of aromatic nitrogens is 2. The minimum atomic E-state index is -0.909. The average molecular weight is 463 g/mol. The molecule has 2 aromatic carbocycles. The Hall–Kier alpha value is -4.02. The molecule has 4 N–H and O–H groups in total. The maximum absolute atomic E-state index is 12.8. The molecule has 1 saturated heterocycles. The molecule has 1 fully saturated rings. The van der Waals surface area contributed by atoms with Gasteiger partial charge in [0.15, 0.2) is 23.5 Å². The third-order valence-electron chi connectivity index (χ3n) is 5.69. The topological polar surface area (TPSA) is 142 Å². The lowest BCUT2D eigenvalue weighted by Gasteiger charge is -2.37. The summed E-state index contributed by atoms with van der Waals surface area (Å²) in [4.78, 5) is 37.2. The van der Waals surface area contributed by atoms with Gasteiger partial charge in [-0.05, 0) is 41.5 Å². The molecular weight excluding hydrogens is 438 g/mol. The molecule has 176 valence electrons. The second-order valence-electron chi connectivity index (χ2n) is 7.97. The summed E-state index contributed by atoms with van der Waals surface area (Å²) in [6.07, 6.45) is 3.35. The van der Waals surface area contributed by atoms with Crippen LogP contribution in [0.1, 0.15) is 11.1 Å². The predicted molar refractivity (Wildman–Crippen MR) is 126 cm³/mol. The number of aromatic hydroxyl groups is 2. The minimum Gasteiger partial charge on any atom is -0.504 e. The van der Waals surface area contributed by atoms with Gasteiger partial charge in [0.1, 0.15) is 12.1 Å². The van der Waals surface area contributed by atoms with Crippen molar-refractivity contribution in [2.45, 2.75) is 12.8 Å².